The van der Waals surface area contributed by atoms with E-state index in [9.17, 15) is 9.59 Å². The normalized spacial score (nSPS) is 14.3. The molecule has 2 amide bonds. The molecule has 5 aromatic carbocycles. The van der Waals surface area contributed by atoms with Gasteiger partial charge in [0.1, 0.15) is 0 Å². The van der Waals surface area contributed by atoms with E-state index in [1.54, 1.807) is 0 Å². The van der Waals surface area contributed by atoms with E-state index >= 15 is 0 Å². The largest absolute Gasteiger partial charge is 0.342 e. The predicted molar refractivity (Wildman–Crippen MR) is 234 cm³/mol. The topological polar surface area (TPSA) is 40.6 Å². The van der Waals surface area contributed by atoms with Gasteiger partial charge < -0.3 is 9.80 Å². The lowest BCUT2D eigenvalue weighted by Gasteiger charge is -2.35. The Morgan fingerprint density at radius 1 is 0.500 bits per heavy atom. The minimum absolute atomic E-state index is 0.0694. The zero-order valence-corrected chi connectivity index (χ0v) is 36.3. The lowest BCUT2D eigenvalue weighted by Crippen LogP contribution is -2.30. The zero-order chi connectivity index (χ0) is 40.0. The second-order valence-electron chi connectivity index (χ2n) is 21.2. The monoisotopic (exact) mass is 731 g/mol. The van der Waals surface area contributed by atoms with E-state index in [2.05, 4.69) is 132 Å². The Labute approximate surface area is 327 Å². The van der Waals surface area contributed by atoms with Crippen LogP contribution in [-0.4, -0.2) is 48.8 Å². The Hall–Kier alpha value is -3.66. The Morgan fingerprint density at radius 3 is 1.15 bits per heavy atom. The van der Waals surface area contributed by atoms with Gasteiger partial charge in [0.25, 0.3) is 11.8 Å². The summed E-state index contributed by atoms with van der Waals surface area (Å²) >= 11 is 0. The van der Waals surface area contributed by atoms with E-state index in [1.165, 1.54) is 12.8 Å². The van der Waals surface area contributed by atoms with Crippen LogP contribution in [0.1, 0.15) is 142 Å². The molecule has 4 heteroatoms. The second-order valence-corrected chi connectivity index (χ2v) is 21.2. The highest BCUT2D eigenvalue weighted by atomic mass is 16.2. The van der Waals surface area contributed by atoms with Crippen LogP contribution in [0.4, 0.5) is 0 Å². The molecule has 0 aromatic heterocycles. The van der Waals surface area contributed by atoms with Gasteiger partial charge in [0.15, 0.2) is 0 Å². The fourth-order valence-corrected chi connectivity index (χ4v) is 10.6. The standard InChI is InChI=1S/C50H70N2O2/c1-33(29-49(9,10)31-47(3,4)5)25-27-51(13)45(53)41-23-21-39-36-18-16-20-38-42(24-22-40(44(36)38)35-17-15-19-37(41)43(35)39)46(54)52(14)28-26-34(2)30-50(11,12)32-48(6,7)8/h15-24,33-34H,25-32H2,1-14H3. The number of nitrogens with zero attached hydrogens (tertiary/aromatic N) is 2. The van der Waals surface area contributed by atoms with Crippen LogP contribution in [-0.2, 0) is 0 Å². The molecule has 2 unspecified atom stereocenters. The van der Waals surface area contributed by atoms with Crippen LogP contribution in [0.15, 0.2) is 60.7 Å². The van der Waals surface area contributed by atoms with Crippen molar-refractivity contribution in [2.75, 3.05) is 27.2 Å². The Bertz CT molecular complexity index is 1940. The number of hydrogen-bond donors (Lipinski definition) is 0. The maximum Gasteiger partial charge on any atom is 0.254 e. The van der Waals surface area contributed by atoms with Crippen LogP contribution < -0.4 is 0 Å². The SMILES string of the molecule is CC(CCN(C)C(=O)c1ccc2c3cccc4c(C(=O)N(C)CCC(C)CC(C)(C)CC(C)(C)C)ccc(c5cccc1c52)c43)CC(C)(C)CC(C)(C)C. The van der Waals surface area contributed by atoms with Gasteiger partial charge in [-0.25, -0.2) is 0 Å². The van der Waals surface area contributed by atoms with Crippen molar-refractivity contribution in [3.63, 3.8) is 0 Å². The van der Waals surface area contributed by atoms with E-state index < -0.39 is 0 Å². The van der Waals surface area contributed by atoms with Crippen molar-refractivity contribution in [1.29, 1.82) is 0 Å². The molecule has 0 N–H and O–H groups in total. The smallest absolute Gasteiger partial charge is 0.254 e. The molecule has 292 valence electrons. The van der Waals surface area contributed by atoms with Crippen molar-refractivity contribution in [2.24, 2.45) is 33.5 Å². The molecule has 5 rings (SSSR count). The first-order valence-electron chi connectivity index (χ1n) is 20.6. The molecule has 0 fully saturated rings. The van der Waals surface area contributed by atoms with Gasteiger partial charge in [-0.3, -0.25) is 9.59 Å². The summed E-state index contributed by atoms with van der Waals surface area (Å²) in [5, 5.41) is 8.71. The predicted octanol–water partition coefficient (Wildman–Crippen LogP) is 13.6. The quantitative estimate of drug-likeness (QED) is 0.0843. The molecular formula is C50H70N2O2. The number of carbonyl (C=O) groups is 2. The summed E-state index contributed by atoms with van der Waals surface area (Å²) in [5.41, 5.74) is 2.63. The second kappa shape index (κ2) is 15.5. The highest BCUT2D eigenvalue weighted by Crippen LogP contribution is 2.43. The highest BCUT2D eigenvalue weighted by molar-refractivity contribution is 6.35. The van der Waals surface area contributed by atoms with Crippen LogP contribution in [0.5, 0.6) is 0 Å². The van der Waals surface area contributed by atoms with Crippen molar-refractivity contribution >= 4 is 54.9 Å². The molecule has 0 saturated heterocycles. The van der Waals surface area contributed by atoms with Crippen molar-refractivity contribution in [3.05, 3.63) is 71.8 Å². The van der Waals surface area contributed by atoms with Gasteiger partial charge >= 0.3 is 0 Å². The molecule has 54 heavy (non-hydrogen) atoms. The average molecular weight is 731 g/mol. The summed E-state index contributed by atoms with van der Waals surface area (Å²) < 4.78 is 0. The van der Waals surface area contributed by atoms with Crippen molar-refractivity contribution < 1.29 is 9.59 Å². The van der Waals surface area contributed by atoms with E-state index in [1.807, 2.05) is 36.0 Å². The summed E-state index contributed by atoms with van der Waals surface area (Å²) in [7, 11) is 3.90. The van der Waals surface area contributed by atoms with E-state index in [4.69, 9.17) is 0 Å². The van der Waals surface area contributed by atoms with Crippen molar-refractivity contribution in [1.82, 2.24) is 9.80 Å². The Kier molecular flexibility index (Phi) is 11.9. The third kappa shape index (κ3) is 9.58. The number of carbonyl (C=O) groups excluding carboxylic acids is 2. The maximum absolute atomic E-state index is 14.1. The number of rotatable bonds is 14. The summed E-state index contributed by atoms with van der Waals surface area (Å²) in [6, 6.07) is 21.0. The summed E-state index contributed by atoms with van der Waals surface area (Å²) in [6.45, 7) is 29.6. The third-order valence-electron chi connectivity index (χ3n) is 11.6. The number of amides is 2. The number of fused-ring (bicyclic) bond motifs is 2. The molecule has 2 atom stereocenters. The third-order valence-corrected chi connectivity index (χ3v) is 11.6. The zero-order valence-electron chi connectivity index (χ0n) is 36.3. The fraction of sp³-hybridized carbons (Fsp3) is 0.560. The molecule has 0 aliphatic rings. The van der Waals surface area contributed by atoms with Crippen molar-refractivity contribution in [2.45, 2.75) is 122 Å². The first-order valence-corrected chi connectivity index (χ1v) is 20.6. The van der Waals surface area contributed by atoms with Crippen LogP contribution in [0.25, 0.3) is 43.1 Å². The van der Waals surface area contributed by atoms with E-state index in [0.29, 0.717) is 22.7 Å². The molecule has 0 aliphatic carbocycles. The van der Waals surface area contributed by atoms with Crippen LogP contribution in [0.2, 0.25) is 0 Å². The summed E-state index contributed by atoms with van der Waals surface area (Å²) in [4.78, 5) is 32.0. The average Bonchev–Trinajstić information content (AvgIpc) is 3.04. The number of benzene rings is 5. The summed E-state index contributed by atoms with van der Waals surface area (Å²) in [5.74, 6) is 1.20. The Morgan fingerprint density at radius 2 is 0.815 bits per heavy atom. The molecule has 0 aliphatic heterocycles. The van der Waals surface area contributed by atoms with Crippen LogP contribution in [0, 0.1) is 33.5 Å². The molecule has 5 aromatic rings. The maximum atomic E-state index is 14.1. The highest BCUT2D eigenvalue weighted by Gasteiger charge is 2.29. The minimum atomic E-state index is 0.0694. The fourth-order valence-electron chi connectivity index (χ4n) is 10.6. The van der Waals surface area contributed by atoms with E-state index in [0.717, 1.165) is 93.0 Å². The van der Waals surface area contributed by atoms with Crippen LogP contribution in [0.3, 0.4) is 0 Å². The first kappa shape index (κ1) is 41.5. The van der Waals surface area contributed by atoms with Crippen molar-refractivity contribution in [3.8, 4) is 0 Å². The van der Waals surface area contributed by atoms with Gasteiger partial charge in [0.2, 0.25) is 0 Å². The molecule has 0 spiro atoms. The number of hydrogen-bond acceptors (Lipinski definition) is 2. The van der Waals surface area contributed by atoms with Gasteiger partial charge in [-0.05, 0) is 127 Å². The Balaban J connectivity index is 1.39. The van der Waals surface area contributed by atoms with Gasteiger partial charge in [0.05, 0.1) is 0 Å². The first-order chi connectivity index (χ1) is 25.0. The van der Waals surface area contributed by atoms with Gasteiger partial charge in [0, 0.05) is 38.3 Å². The molecule has 0 radical (unpaired) electrons. The molecule has 4 nitrogen and oxygen atoms in total. The molecule has 0 saturated carbocycles. The van der Waals surface area contributed by atoms with Gasteiger partial charge in [-0.15, -0.1) is 0 Å². The molecule has 0 bridgehead atoms. The molecule has 0 heterocycles. The lowest BCUT2D eigenvalue weighted by molar-refractivity contribution is 0.0776. The van der Waals surface area contributed by atoms with Crippen LogP contribution >= 0.6 is 0 Å². The van der Waals surface area contributed by atoms with Gasteiger partial charge in [-0.1, -0.05) is 132 Å². The van der Waals surface area contributed by atoms with Gasteiger partial charge in [-0.2, -0.15) is 0 Å². The van der Waals surface area contributed by atoms with E-state index in [-0.39, 0.29) is 22.6 Å². The minimum Gasteiger partial charge on any atom is -0.342 e. The lowest BCUT2D eigenvalue weighted by atomic mass is 9.71. The molecular weight excluding hydrogens is 661 g/mol. The summed E-state index contributed by atoms with van der Waals surface area (Å²) in [6.07, 6.45) is 6.63.